The van der Waals surface area contributed by atoms with E-state index in [0.717, 1.165) is 17.2 Å². The Morgan fingerprint density at radius 2 is 2.26 bits per heavy atom. The van der Waals surface area contributed by atoms with Crippen LogP contribution in [0.5, 0.6) is 0 Å². The summed E-state index contributed by atoms with van der Waals surface area (Å²) in [6.45, 7) is -0.811. The predicted octanol–water partition coefficient (Wildman–Crippen LogP) is 1.88. The Balaban J connectivity index is 2.98. The van der Waals surface area contributed by atoms with E-state index in [4.69, 9.17) is 11.6 Å². The molecule has 106 valence electrons. The van der Waals surface area contributed by atoms with Crippen LogP contribution in [0.1, 0.15) is 10.5 Å². The molecule has 0 aromatic carbocycles. The van der Waals surface area contributed by atoms with Crippen LogP contribution in [0.25, 0.3) is 0 Å². The highest BCUT2D eigenvalue weighted by molar-refractivity contribution is 6.18. The van der Waals surface area contributed by atoms with Gasteiger partial charge < -0.3 is 9.47 Å². The van der Waals surface area contributed by atoms with Gasteiger partial charge in [0.1, 0.15) is 5.69 Å². The number of carbonyl (C=O) groups excluding carboxylic acids is 1. The lowest BCUT2D eigenvalue weighted by atomic mass is 10.3. The summed E-state index contributed by atoms with van der Waals surface area (Å²) >= 11 is 5.45. The van der Waals surface area contributed by atoms with Gasteiger partial charge in [-0.1, -0.05) is 0 Å². The molecule has 0 radical (unpaired) electrons. The highest BCUT2D eigenvalue weighted by atomic mass is 35.5. The van der Waals surface area contributed by atoms with Crippen LogP contribution in [0.15, 0.2) is 12.3 Å². The van der Waals surface area contributed by atoms with Gasteiger partial charge in [-0.2, -0.15) is 0 Å². The summed E-state index contributed by atoms with van der Waals surface area (Å²) in [5.74, 6) is -0.707. The number of nitro groups is 1. The molecule has 0 aliphatic heterocycles. The quantitative estimate of drug-likeness (QED) is 0.457. The maximum absolute atomic E-state index is 12.4. The Kier molecular flexibility index (Phi) is 5.22. The number of rotatable bonds is 6. The third-order valence-corrected chi connectivity index (χ3v) is 2.59. The lowest BCUT2D eigenvalue weighted by molar-refractivity contribution is -0.384. The van der Waals surface area contributed by atoms with Crippen molar-refractivity contribution in [2.45, 2.75) is 6.43 Å². The number of aromatic nitrogens is 1. The van der Waals surface area contributed by atoms with Gasteiger partial charge in [-0.25, -0.2) is 8.78 Å². The first-order valence-electron chi connectivity index (χ1n) is 5.31. The minimum atomic E-state index is -2.69. The highest BCUT2D eigenvalue weighted by Crippen LogP contribution is 2.17. The summed E-state index contributed by atoms with van der Waals surface area (Å²) in [7, 11) is 1.43. The molecule has 0 fully saturated rings. The monoisotopic (exact) mass is 295 g/mol. The molecule has 0 unspecified atom stereocenters. The molecular weight excluding hydrogens is 284 g/mol. The standard InChI is InChI=1S/C10H12ClF2N3O3/c1-14-5-7(16(18)19)4-8(14)10(17)15(3-2-11)6-9(12)13/h4-5,9H,2-3,6H2,1H3. The average Bonchev–Trinajstić information content (AvgIpc) is 2.69. The van der Waals surface area contributed by atoms with Crippen molar-refractivity contribution < 1.29 is 18.5 Å². The molecular formula is C10H12ClF2N3O3. The molecule has 0 saturated carbocycles. The zero-order chi connectivity index (χ0) is 14.6. The van der Waals surface area contributed by atoms with Gasteiger partial charge in [0.05, 0.1) is 17.7 Å². The molecule has 0 spiro atoms. The predicted molar refractivity (Wildman–Crippen MR) is 64.7 cm³/mol. The van der Waals surface area contributed by atoms with E-state index >= 15 is 0 Å². The Bertz CT molecular complexity index is 479. The van der Waals surface area contributed by atoms with Crippen molar-refractivity contribution in [3.63, 3.8) is 0 Å². The minimum Gasteiger partial charge on any atom is -0.340 e. The Morgan fingerprint density at radius 3 is 2.68 bits per heavy atom. The van der Waals surface area contributed by atoms with E-state index in [1.807, 2.05) is 0 Å². The molecule has 1 rings (SSSR count). The minimum absolute atomic E-state index is 0.00494. The molecule has 0 N–H and O–H groups in total. The van der Waals surface area contributed by atoms with E-state index in [1.165, 1.54) is 11.6 Å². The molecule has 0 atom stereocenters. The van der Waals surface area contributed by atoms with Crippen molar-refractivity contribution in [2.24, 2.45) is 7.05 Å². The van der Waals surface area contributed by atoms with Crippen LogP contribution in [0.4, 0.5) is 14.5 Å². The molecule has 0 aliphatic rings. The summed E-state index contributed by atoms with van der Waals surface area (Å²) < 4.78 is 26.0. The summed E-state index contributed by atoms with van der Waals surface area (Å²) in [5, 5.41) is 10.6. The number of aryl methyl sites for hydroxylation is 1. The van der Waals surface area contributed by atoms with Crippen molar-refractivity contribution in [2.75, 3.05) is 19.0 Å². The first-order valence-corrected chi connectivity index (χ1v) is 5.84. The summed E-state index contributed by atoms with van der Waals surface area (Å²) in [6.07, 6.45) is -1.54. The fourth-order valence-electron chi connectivity index (χ4n) is 1.57. The van der Waals surface area contributed by atoms with Gasteiger partial charge in [-0.05, 0) is 0 Å². The van der Waals surface area contributed by atoms with E-state index in [9.17, 15) is 23.7 Å². The van der Waals surface area contributed by atoms with E-state index in [0.29, 0.717) is 0 Å². The van der Waals surface area contributed by atoms with Crippen LogP contribution >= 0.6 is 11.6 Å². The zero-order valence-electron chi connectivity index (χ0n) is 10.1. The second-order valence-corrected chi connectivity index (χ2v) is 4.16. The molecule has 1 amide bonds. The number of nitrogens with zero attached hydrogens (tertiary/aromatic N) is 3. The first-order chi connectivity index (χ1) is 8.86. The number of hydrogen-bond acceptors (Lipinski definition) is 3. The van der Waals surface area contributed by atoms with Gasteiger partial charge in [0.25, 0.3) is 18.0 Å². The van der Waals surface area contributed by atoms with Crippen LogP contribution in [0.2, 0.25) is 0 Å². The number of halogens is 3. The van der Waals surface area contributed by atoms with Crippen LogP contribution in [0.3, 0.4) is 0 Å². The fraction of sp³-hybridized carbons (Fsp3) is 0.500. The van der Waals surface area contributed by atoms with Crippen LogP contribution in [-0.4, -0.2) is 45.7 Å². The first kappa shape index (κ1) is 15.4. The lowest BCUT2D eigenvalue weighted by Gasteiger charge is -2.21. The zero-order valence-corrected chi connectivity index (χ0v) is 10.8. The third-order valence-electron chi connectivity index (χ3n) is 2.42. The van der Waals surface area contributed by atoms with Gasteiger partial charge in [-0.15, -0.1) is 11.6 Å². The lowest BCUT2D eigenvalue weighted by Crippen LogP contribution is -2.37. The molecule has 1 heterocycles. The van der Waals surface area contributed by atoms with Crippen molar-refractivity contribution in [3.8, 4) is 0 Å². The number of alkyl halides is 3. The Morgan fingerprint density at radius 1 is 1.63 bits per heavy atom. The molecule has 19 heavy (non-hydrogen) atoms. The SMILES string of the molecule is Cn1cc([N+](=O)[O-])cc1C(=O)N(CCCl)CC(F)F. The average molecular weight is 296 g/mol. The Hall–Kier alpha value is -1.70. The molecule has 0 saturated heterocycles. The van der Waals surface area contributed by atoms with Crippen molar-refractivity contribution in [3.05, 3.63) is 28.1 Å². The maximum atomic E-state index is 12.4. The maximum Gasteiger partial charge on any atom is 0.287 e. The van der Waals surface area contributed by atoms with Crippen LogP contribution in [-0.2, 0) is 7.05 Å². The molecule has 0 bridgehead atoms. The molecule has 1 aromatic rings. The molecule has 0 aliphatic carbocycles. The van der Waals surface area contributed by atoms with Gasteiger partial charge in [0, 0.05) is 25.5 Å². The van der Waals surface area contributed by atoms with E-state index in [-0.39, 0.29) is 23.8 Å². The van der Waals surface area contributed by atoms with Gasteiger partial charge in [-0.3, -0.25) is 14.9 Å². The summed E-state index contributed by atoms with van der Waals surface area (Å²) in [4.78, 5) is 22.8. The third kappa shape index (κ3) is 3.88. The molecule has 1 aromatic heterocycles. The number of hydrogen-bond donors (Lipinski definition) is 0. The van der Waals surface area contributed by atoms with Gasteiger partial charge >= 0.3 is 0 Å². The second-order valence-electron chi connectivity index (χ2n) is 3.78. The smallest absolute Gasteiger partial charge is 0.287 e. The van der Waals surface area contributed by atoms with Crippen LogP contribution in [0, 0.1) is 10.1 Å². The van der Waals surface area contributed by atoms with Crippen molar-refractivity contribution in [1.29, 1.82) is 0 Å². The summed E-state index contributed by atoms with van der Waals surface area (Å²) in [6, 6.07) is 1.05. The van der Waals surface area contributed by atoms with Crippen molar-refractivity contribution in [1.82, 2.24) is 9.47 Å². The molecule has 9 heteroatoms. The number of carbonyl (C=O) groups is 1. The van der Waals surface area contributed by atoms with Gasteiger partial charge in [0.2, 0.25) is 0 Å². The second kappa shape index (κ2) is 6.46. The largest absolute Gasteiger partial charge is 0.340 e. The number of amides is 1. The van der Waals surface area contributed by atoms with E-state index < -0.39 is 23.8 Å². The van der Waals surface area contributed by atoms with E-state index in [2.05, 4.69) is 0 Å². The molecule has 6 nitrogen and oxygen atoms in total. The van der Waals surface area contributed by atoms with Crippen molar-refractivity contribution >= 4 is 23.2 Å². The Labute approximate surface area is 112 Å². The van der Waals surface area contributed by atoms with E-state index in [1.54, 1.807) is 0 Å². The van der Waals surface area contributed by atoms with Gasteiger partial charge in [0.15, 0.2) is 0 Å². The highest BCUT2D eigenvalue weighted by Gasteiger charge is 2.24. The van der Waals surface area contributed by atoms with Crippen LogP contribution < -0.4 is 0 Å². The topological polar surface area (TPSA) is 68.4 Å². The summed E-state index contributed by atoms with van der Waals surface area (Å²) in [5.41, 5.74) is -0.300. The normalized spacial score (nSPS) is 10.8. The fourth-order valence-corrected chi connectivity index (χ4v) is 1.77.